The van der Waals surface area contributed by atoms with Gasteiger partial charge >= 0.3 is 0 Å². The molecule has 1 N–H and O–H groups in total. The van der Waals surface area contributed by atoms with Crippen LogP contribution in [0.2, 0.25) is 0 Å². The maximum absolute atomic E-state index is 14.3. The number of rotatable bonds is 7. The first-order valence-corrected chi connectivity index (χ1v) is 8.95. The highest BCUT2D eigenvalue weighted by Gasteiger charge is 2.33. The van der Waals surface area contributed by atoms with Crippen molar-refractivity contribution in [1.82, 2.24) is 20.3 Å². The van der Waals surface area contributed by atoms with Crippen molar-refractivity contribution in [3.8, 4) is 5.75 Å². The molecule has 1 atom stereocenters. The number of hydrogen-bond donors (Lipinski definition) is 1. The van der Waals surface area contributed by atoms with Crippen LogP contribution in [0.15, 0.2) is 35.1 Å². The Morgan fingerprint density at radius 3 is 2.96 bits per heavy atom. The molecular formula is C19H23FN4O4. The van der Waals surface area contributed by atoms with Crippen LogP contribution in [0, 0.1) is 5.82 Å². The SMILES string of the molecule is COc1ccc(CN2CCNC(=O)[C@H]2CC(=O)N(C)Cc2ccon2)c(F)c1. The molecular weight excluding hydrogens is 367 g/mol. The maximum atomic E-state index is 14.3. The Hall–Kier alpha value is -2.94. The number of aromatic nitrogens is 1. The Labute approximate surface area is 162 Å². The fourth-order valence-electron chi connectivity index (χ4n) is 3.15. The molecule has 2 heterocycles. The van der Waals surface area contributed by atoms with E-state index in [0.717, 1.165) is 0 Å². The number of hydrogen-bond acceptors (Lipinski definition) is 6. The van der Waals surface area contributed by atoms with E-state index in [1.54, 1.807) is 25.2 Å². The molecule has 8 nitrogen and oxygen atoms in total. The second-order valence-electron chi connectivity index (χ2n) is 6.68. The first kappa shape index (κ1) is 19.8. The van der Waals surface area contributed by atoms with Gasteiger partial charge in [-0.2, -0.15) is 0 Å². The van der Waals surface area contributed by atoms with E-state index < -0.39 is 11.9 Å². The van der Waals surface area contributed by atoms with Crippen LogP contribution in [-0.4, -0.2) is 60.1 Å². The fourth-order valence-corrected chi connectivity index (χ4v) is 3.15. The van der Waals surface area contributed by atoms with Gasteiger partial charge in [-0.05, 0) is 6.07 Å². The van der Waals surface area contributed by atoms with E-state index in [9.17, 15) is 14.0 Å². The van der Waals surface area contributed by atoms with Gasteiger partial charge in [0, 0.05) is 44.4 Å². The summed E-state index contributed by atoms with van der Waals surface area (Å²) in [5.41, 5.74) is 1.07. The van der Waals surface area contributed by atoms with Crippen molar-refractivity contribution in [3.05, 3.63) is 47.6 Å². The molecule has 1 saturated heterocycles. The van der Waals surface area contributed by atoms with Gasteiger partial charge in [0.05, 0.1) is 26.1 Å². The second-order valence-corrected chi connectivity index (χ2v) is 6.68. The zero-order valence-corrected chi connectivity index (χ0v) is 15.9. The lowest BCUT2D eigenvalue weighted by atomic mass is 10.1. The molecule has 3 rings (SSSR count). The van der Waals surface area contributed by atoms with Crippen molar-refractivity contribution >= 4 is 11.8 Å². The van der Waals surface area contributed by atoms with Crippen LogP contribution in [0.3, 0.4) is 0 Å². The molecule has 9 heteroatoms. The molecule has 0 radical (unpaired) electrons. The number of nitrogens with zero attached hydrogens (tertiary/aromatic N) is 3. The topological polar surface area (TPSA) is 87.9 Å². The van der Waals surface area contributed by atoms with E-state index in [2.05, 4.69) is 10.5 Å². The van der Waals surface area contributed by atoms with Gasteiger partial charge < -0.3 is 19.5 Å². The highest BCUT2D eigenvalue weighted by atomic mass is 19.1. The van der Waals surface area contributed by atoms with Crippen LogP contribution in [0.5, 0.6) is 5.75 Å². The Kier molecular flexibility index (Phi) is 6.25. The van der Waals surface area contributed by atoms with Crippen LogP contribution >= 0.6 is 0 Å². The molecule has 2 aromatic rings. The summed E-state index contributed by atoms with van der Waals surface area (Å²) in [6.07, 6.45) is 1.44. The summed E-state index contributed by atoms with van der Waals surface area (Å²) < 4.78 is 24.1. The van der Waals surface area contributed by atoms with Gasteiger partial charge in [0.1, 0.15) is 23.5 Å². The van der Waals surface area contributed by atoms with Gasteiger partial charge in [-0.25, -0.2) is 4.39 Å². The summed E-state index contributed by atoms with van der Waals surface area (Å²) in [7, 11) is 3.12. The van der Waals surface area contributed by atoms with Crippen LogP contribution in [0.1, 0.15) is 17.7 Å². The molecule has 0 spiro atoms. The van der Waals surface area contributed by atoms with Crippen LogP contribution in [-0.2, 0) is 22.7 Å². The zero-order chi connectivity index (χ0) is 20.1. The zero-order valence-electron chi connectivity index (χ0n) is 15.9. The number of ether oxygens (including phenoxy) is 1. The van der Waals surface area contributed by atoms with Gasteiger partial charge in [-0.3, -0.25) is 14.5 Å². The van der Waals surface area contributed by atoms with Crippen molar-refractivity contribution < 1.29 is 23.2 Å². The lowest BCUT2D eigenvalue weighted by Crippen LogP contribution is -2.56. The van der Waals surface area contributed by atoms with E-state index in [1.807, 2.05) is 4.90 Å². The minimum atomic E-state index is -0.664. The van der Waals surface area contributed by atoms with Crippen LogP contribution in [0.4, 0.5) is 4.39 Å². The van der Waals surface area contributed by atoms with E-state index >= 15 is 0 Å². The third-order valence-electron chi connectivity index (χ3n) is 4.76. The predicted molar refractivity (Wildman–Crippen MR) is 97.8 cm³/mol. The summed E-state index contributed by atoms with van der Waals surface area (Å²) in [5, 5.41) is 6.56. The maximum Gasteiger partial charge on any atom is 0.237 e. The standard InChI is InChI=1S/C19H23FN4O4/c1-23(12-14-5-8-28-22-14)18(25)10-17-19(26)21-6-7-24(17)11-13-3-4-15(27-2)9-16(13)20/h3-5,8-9,17H,6-7,10-12H2,1-2H3,(H,21,26)/t17-/m1/s1. The number of halogens is 1. The third-order valence-corrected chi connectivity index (χ3v) is 4.76. The van der Waals surface area contributed by atoms with Crippen molar-refractivity contribution in [2.24, 2.45) is 0 Å². The van der Waals surface area contributed by atoms with Crippen molar-refractivity contribution in [2.45, 2.75) is 25.6 Å². The van der Waals surface area contributed by atoms with E-state index in [-0.39, 0.29) is 31.3 Å². The minimum absolute atomic E-state index is 0.00203. The monoisotopic (exact) mass is 390 g/mol. The Morgan fingerprint density at radius 2 is 2.29 bits per heavy atom. The predicted octanol–water partition coefficient (Wildman–Crippen LogP) is 1.17. The quantitative estimate of drug-likeness (QED) is 0.764. The molecule has 1 aliphatic rings. The number of nitrogens with one attached hydrogen (secondary N) is 1. The number of piperazine rings is 1. The largest absolute Gasteiger partial charge is 0.497 e. The fraction of sp³-hybridized carbons (Fsp3) is 0.421. The first-order valence-electron chi connectivity index (χ1n) is 8.95. The summed E-state index contributed by atoms with van der Waals surface area (Å²) in [4.78, 5) is 28.3. The normalized spacial score (nSPS) is 17.2. The molecule has 1 aromatic carbocycles. The van der Waals surface area contributed by atoms with Gasteiger partial charge in [0.2, 0.25) is 11.8 Å². The average molecular weight is 390 g/mol. The molecule has 0 aliphatic carbocycles. The number of methoxy groups -OCH3 is 1. The lowest BCUT2D eigenvalue weighted by molar-refractivity contribution is -0.138. The third kappa shape index (κ3) is 4.66. The molecule has 0 unspecified atom stereocenters. The Balaban J connectivity index is 1.68. The highest BCUT2D eigenvalue weighted by molar-refractivity contribution is 5.88. The molecule has 0 saturated carbocycles. The summed E-state index contributed by atoms with van der Waals surface area (Å²) in [5.74, 6) is -0.411. The summed E-state index contributed by atoms with van der Waals surface area (Å²) in [6, 6.07) is 5.63. The average Bonchev–Trinajstić information content (AvgIpc) is 3.18. The Bertz CT molecular complexity index is 827. The summed E-state index contributed by atoms with van der Waals surface area (Å²) in [6.45, 7) is 1.50. The smallest absolute Gasteiger partial charge is 0.237 e. The van der Waals surface area contributed by atoms with Gasteiger partial charge in [0.15, 0.2) is 0 Å². The van der Waals surface area contributed by atoms with E-state index in [4.69, 9.17) is 9.26 Å². The molecule has 0 bridgehead atoms. The Morgan fingerprint density at radius 1 is 1.46 bits per heavy atom. The highest BCUT2D eigenvalue weighted by Crippen LogP contribution is 2.20. The second kappa shape index (κ2) is 8.83. The number of amides is 2. The molecule has 2 amide bonds. The summed E-state index contributed by atoms with van der Waals surface area (Å²) >= 11 is 0. The van der Waals surface area contributed by atoms with Gasteiger partial charge in [-0.15, -0.1) is 0 Å². The minimum Gasteiger partial charge on any atom is -0.497 e. The van der Waals surface area contributed by atoms with Crippen LogP contribution in [0.25, 0.3) is 0 Å². The lowest BCUT2D eigenvalue weighted by Gasteiger charge is -2.35. The van der Waals surface area contributed by atoms with E-state index in [1.165, 1.54) is 24.3 Å². The first-order chi connectivity index (χ1) is 13.5. The van der Waals surface area contributed by atoms with Crippen LogP contribution < -0.4 is 10.1 Å². The van der Waals surface area contributed by atoms with Crippen molar-refractivity contribution in [1.29, 1.82) is 0 Å². The number of carbonyl (C=O) groups excluding carboxylic acids is 2. The molecule has 1 fully saturated rings. The van der Waals surface area contributed by atoms with Gasteiger partial charge in [-0.1, -0.05) is 11.2 Å². The van der Waals surface area contributed by atoms with Crippen molar-refractivity contribution in [2.75, 3.05) is 27.2 Å². The van der Waals surface area contributed by atoms with E-state index in [0.29, 0.717) is 30.1 Å². The molecule has 150 valence electrons. The number of benzene rings is 1. The molecule has 28 heavy (non-hydrogen) atoms. The number of carbonyl (C=O) groups is 2. The van der Waals surface area contributed by atoms with Crippen molar-refractivity contribution in [3.63, 3.8) is 0 Å². The van der Waals surface area contributed by atoms with Gasteiger partial charge in [0.25, 0.3) is 0 Å². The molecule has 1 aromatic heterocycles. The molecule has 1 aliphatic heterocycles.